The third kappa shape index (κ3) is 4.23. The number of ether oxygens (including phenoxy) is 2. The lowest BCUT2D eigenvalue weighted by Gasteiger charge is -2.15. The van der Waals surface area contributed by atoms with Gasteiger partial charge < -0.3 is 9.47 Å². The van der Waals surface area contributed by atoms with Gasteiger partial charge in [0.1, 0.15) is 5.75 Å². The van der Waals surface area contributed by atoms with Gasteiger partial charge in [-0.2, -0.15) is 0 Å². The molecule has 1 aliphatic rings. The first-order valence-electron chi connectivity index (χ1n) is 6.71. The Labute approximate surface area is 122 Å². The lowest BCUT2D eigenvalue weighted by atomic mass is 10.1. The summed E-state index contributed by atoms with van der Waals surface area (Å²) in [6.45, 7) is 0. The third-order valence-electron chi connectivity index (χ3n) is 3.44. The van der Waals surface area contributed by atoms with Crippen LogP contribution in [0, 0.1) is 0 Å². The molecule has 0 aliphatic heterocycles. The highest BCUT2D eigenvalue weighted by atomic mass is 79.9. The summed E-state index contributed by atoms with van der Waals surface area (Å²) in [7, 11) is 1.41. The van der Waals surface area contributed by atoms with E-state index in [-0.39, 0.29) is 5.97 Å². The van der Waals surface area contributed by atoms with Gasteiger partial charge in [-0.1, -0.05) is 6.07 Å². The lowest BCUT2D eigenvalue weighted by Crippen LogP contribution is -2.11. The molecule has 1 aromatic rings. The minimum Gasteiger partial charge on any atom is -0.489 e. The van der Waals surface area contributed by atoms with E-state index in [9.17, 15) is 4.79 Å². The van der Waals surface area contributed by atoms with Crippen LogP contribution in [0.15, 0.2) is 22.7 Å². The lowest BCUT2D eigenvalue weighted by molar-refractivity contribution is -0.140. The van der Waals surface area contributed by atoms with E-state index >= 15 is 0 Å². The number of esters is 1. The van der Waals surface area contributed by atoms with E-state index in [1.54, 1.807) is 0 Å². The summed E-state index contributed by atoms with van der Waals surface area (Å²) in [5, 5.41) is 0. The molecule has 1 saturated carbocycles. The van der Waals surface area contributed by atoms with Crippen molar-refractivity contribution in [1.29, 1.82) is 0 Å². The van der Waals surface area contributed by atoms with Crippen LogP contribution in [0.4, 0.5) is 0 Å². The molecule has 1 aromatic carbocycles. The maximum absolute atomic E-state index is 11.1. The average Bonchev–Trinajstić information content (AvgIpc) is 2.91. The molecular weight excluding hydrogens is 308 g/mol. The van der Waals surface area contributed by atoms with Crippen LogP contribution in [0.3, 0.4) is 0 Å². The normalized spacial score (nSPS) is 15.5. The van der Waals surface area contributed by atoms with Crippen molar-refractivity contribution in [2.75, 3.05) is 7.11 Å². The monoisotopic (exact) mass is 326 g/mol. The fourth-order valence-corrected chi connectivity index (χ4v) is 2.85. The van der Waals surface area contributed by atoms with Crippen LogP contribution in [-0.4, -0.2) is 19.2 Å². The highest BCUT2D eigenvalue weighted by molar-refractivity contribution is 9.10. The number of carbonyl (C=O) groups is 1. The summed E-state index contributed by atoms with van der Waals surface area (Å²) in [5.74, 6) is 0.719. The predicted molar refractivity (Wildman–Crippen MR) is 77.4 cm³/mol. The molecule has 0 bridgehead atoms. The number of rotatable bonds is 5. The fourth-order valence-electron chi connectivity index (χ4n) is 2.33. The average molecular weight is 327 g/mol. The van der Waals surface area contributed by atoms with Crippen LogP contribution in [0.5, 0.6) is 5.75 Å². The van der Waals surface area contributed by atoms with Crippen LogP contribution < -0.4 is 4.74 Å². The van der Waals surface area contributed by atoms with Gasteiger partial charge in [-0.25, -0.2) is 0 Å². The van der Waals surface area contributed by atoms with Crippen molar-refractivity contribution in [3.8, 4) is 5.75 Å². The number of aryl methyl sites for hydroxylation is 1. The Hall–Kier alpha value is -1.03. The number of halogens is 1. The van der Waals surface area contributed by atoms with Crippen molar-refractivity contribution in [3.63, 3.8) is 0 Å². The zero-order valence-electron chi connectivity index (χ0n) is 11.2. The van der Waals surface area contributed by atoms with Gasteiger partial charge in [-0.15, -0.1) is 0 Å². The quantitative estimate of drug-likeness (QED) is 0.770. The molecule has 0 spiro atoms. The van der Waals surface area contributed by atoms with Crippen molar-refractivity contribution in [2.24, 2.45) is 0 Å². The molecule has 19 heavy (non-hydrogen) atoms. The van der Waals surface area contributed by atoms with E-state index in [4.69, 9.17) is 4.74 Å². The molecule has 0 atom stereocenters. The first-order chi connectivity index (χ1) is 9.19. The van der Waals surface area contributed by atoms with E-state index in [0.29, 0.717) is 18.9 Å². The summed E-state index contributed by atoms with van der Waals surface area (Å²) < 4.78 is 11.6. The molecule has 1 fully saturated rings. The molecule has 2 rings (SSSR count). The topological polar surface area (TPSA) is 35.5 Å². The Balaban J connectivity index is 1.94. The van der Waals surface area contributed by atoms with Crippen molar-refractivity contribution < 1.29 is 14.3 Å². The molecule has 3 nitrogen and oxygen atoms in total. The second kappa shape index (κ2) is 6.94. The van der Waals surface area contributed by atoms with Crippen molar-refractivity contribution >= 4 is 21.9 Å². The minimum atomic E-state index is -0.178. The largest absolute Gasteiger partial charge is 0.489 e. The van der Waals surface area contributed by atoms with Crippen LogP contribution >= 0.6 is 15.9 Å². The summed E-state index contributed by atoms with van der Waals surface area (Å²) in [5.41, 5.74) is 1.11. The first kappa shape index (κ1) is 14.4. The Morgan fingerprint density at radius 1 is 1.37 bits per heavy atom. The Morgan fingerprint density at radius 2 is 2.11 bits per heavy atom. The molecule has 104 valence electrons. The second-order valence-corrected chi connectivity index (χ2v) is 5.72. The molecule has 0 heterocycles. The molecule has 0 N–H and O–H groups in total. The molecular formula is C15H19BrO3. The van der Waals surface area contributed by atoms with Gasteiger partial charge in [0, 0.05) is 6.42 Å². The zero-order chi connectivity index (χ0) is 13.7. The zero-order valence-corrected chi connectivity index (χ0v) is 12.7. The third-order valence-corrected chi connectivity index (χ3v) is 4.06. The van der Waals surface area contributed by atoms with Gasteiger partial charge in [-0.3, -0.25) is 4.79 Å². The second-order valence-electron chi connectivity index (χ2n) is 4.87. The smallest absolute Gasteiger partial charge is 0.305 e. The number of benzene rings is 1. The Kier molecular flexibility index (Phi) is 5.25. The van der Waals surface area contributed by atoms with E-state index in [1.165, 1.54) is 20.0 Å². The van der Waals surface area contributed by atoms with Crippen molar-refractivity contribution in [2.45, 2.75) is 44.6 Å². The maximum atomic E-state index is 11.1. The highest BCUT2D eigenvalue weighted by Crippen LogP contribution is 2.31. The van der Waals surface area contributed by atoms with Crippen LogP contribution in [0.2, 0.25) is 0 Å². The highest BCUT2D eigenvalue weighted by Gasteiger charge is 2.17. The minimum absolute atomic E-state index is 0.178. The summed E-state index contributed by atoms with van der Waals surface area (Å²) in [6, 6.07) is 6.01. The van der Waals surface area contributed by atoms with E-state index < -0.39 is 0 Å². The fraction of sp³-hybridized carbons (Fsp3) is 0.533. The van der Waals surface area contributed by atoms with Gasteiger partial charge in [0.2, 0.25) is 0 Å². The Bertz CT molecular complexity index is 439. The SMILES string of the molecule is COC(=O)CCc1ccc(OC2CCCC2)c(Br)c1. The molecule has 0 amide bonds. The van der Waals surface area contributed by atoms with Gasteiger partial charge in [-0.05, 0) is 65.7 Å². The number of hydrogen-bond donors (Lipinski definition) is 0. The summed E-state index contributed by atoms with van der Waals surface area (Å²) in [6.07, 6.45) is 6.28. The molecule has 0 unspecified atom stereocenters. The molecule has 0 aromatic heterocycles. The molecule has 0 radical (unpaired) electrons. The van der Waals surface area contributed by atoms with Crippen LogP contribution in [0.1, 0.15) is 37.7 Å². The van der Waals surface area contributed by atoms with Crippen molar-refractivity contribution in [1.82, 2.24) is 0 Å². The molecule has 4 heteroatoms. The van der Waals surface area contributed by atoms with Gasteiger partial charge in [0.25, 0.3) is 0 Å². The molecule has 1 aliphatic carbocycles. The Morgan fingerprint density at radius 3 is 2.74 bits per heavy atom. The van der Waals surface area contributed by atoms with E-state index in [2.05, 4.69) is 20.7 Å². The van der Waals surface area contributed by atoms with Crippen LogP contribution in [0.25, 0.3) is 0 Å². The predicted octanol–water partition coefficient (Wildman–Crippen LogP) is 3.88. The van der Waals surface area contributed by atoms with E-state index in [0.717, 1.165) is 28.6 Å². The first-order valence-corrected chi connectivity index (χ1v) is 7.50. The summed E-state index contributed by atoms with van der Waals surface area (Å²) in [4.78, 5) is 11.1. The van der Waals surface area contributed by atoms with Gasteiger partial charge >= 0.3 is 5.97 Å². The number of methoxy groups -OCH3 is 1. The standard InChI is InChI=1S/C15H19BrO3/c1-18-15(17)9-7-11-6-8-14(13(16)10-11)19-12-4-2-3-5-12/h6,8,10,12H,2-5,7,9H2,1H3. The van der Waals surface area contributed by atoms with Crippen molar-refractivity contribution in [3.05, 3.63) is 28.2 Å². The van der Waals surface area contributed by atoms with Crippen LogP contribution in [-0.2, 0) is 16.0 Å². The van der Waals surface area contributed by atoms with Gasteiger partial charge in [0.15, 0.2) is 0 Å². The number of carbonyl (C=O) groups excluding carboxylic acids is 1. The van der Waals surface area contributed by atoms with Gasteiger partial charge in [0.05, 0.1) is 17.7 Å². The van der Waals surface area contributed by atoms with E-state index in [1.807, 2.05) is 18.2 Å². The molecule has 0 saturated heterocycles. The number of hydrogen-bond acceptors (Lipinski definition) is 3. The maximum Gasteiger partial charge on any atom is 0.305 e. The summed E-state index contributed by atoms with van der Waals surface area (Å²) >= 11 is 3.54.